The second-order valence-electron chi connectivity index (χ2n) is 3.15. The molecule has 2 heteroatoms. The van der Waals surface area contributed by atoms with E-state index in [4.69, 9.17) is 0 Å². The second kappa shape index (κ2) is 5.78. The van der Waals surface area contributed by atoms with Gasteiger partial charge in [-0.05, 0) is 24.8 Å². The van der Waals surface area contributed by atoms with E-state index < -0.39 is 0 Å². The van der Waals surface area contributed by atoms with Gasteiger partial charge >= 0.3 is 0 Å². The molecule has 0 spiro atoms. The predicted octanol–water partition coefficient (Wildman–Crippen LogP) is 3.17. The summed E-state index contributed by atoms with van der Waals surface area (Å²) in [4.78, 5) is 0.535. The first-order valence-corrected chi connectivity index (χ1v) is 4.87. The quantitative estimate of drug-likeness (QED) is 0.512. The second-order valence-corrected chi connectivity index (χ2v) is 4.71. The average Bonchev–Trinajstić information content (AvgIpc) is 1.85. The lowest BCUT2D eigenvalue weighted by Crippen LogP contribution is -1.99. The fourth-order valence-electron chi connectivity index (χ4n) is 1.11. The van der Waals surface area contributed by atoms with Gasteiger partial charge in [-0.2, -0.15) is 0 Å². The van der Waals surface area contributed by atoms with E-state index in [1.807, 2.05) is 6.92 Å². The molecule has 0 aromatic rings. The Hall–Kier alpha value is 0.180. The highest BCUT2D eigenvalue weighted by Crippen LogP contribution is 2.14. The normalized spacial score (nSPS) is 18.1. The number of halogens is 1. The first-order chi connectivity index (χ1) is 5.06. The lowest BCUT2D eigenvalue weighted by molar-refractivity contribution is 0.222. The van der Waals surface area contributed by atoms with Crippen LogP contribution in [0.2, 0.25) is 0 Å². The van der Waals surface area contributed by atoms with Crippen LogP contribution in [0.1, 0.15) is 27.2 Å². The summed E-state index contributed by atoms with van der Waals surface area (Å²) < 4.78 is 0. The summed E-state index contributed by atoms with van der Waals surface area (Å²) in [6.07, 6.45) is 3.15. The van der Waals surface area contributed by atoms with Crippen LogP contribution in [0.3, 0.4) is 0 Å². The lowest BCUT2D eigenvalue weighted by atomic mass is 10.0. The molecule has 0 saturated heterocycles. The minimum Gasteiger partial charge on any atom is -0.232 e. The minimum absolute atomic E-state index is 0.0684. The largest absolute Gasteiger partial charge is 0.232 e. The number of alkyl halides is 1. The Labute approximate surface area is 77.6 Å². The highest BCUT2D eigenvalue weighted by atomic mass is 79.9. The van der Waals surface area contributed by atoms with Crippen molar-refractivity contribution in [1.29, 1.82) is 0 Å². The van der Waals surface area contributed by atoms with Gasteiger partial charge < -0.3 is 0 Å². The first-order valence-electron chi connectivity index (χ1n) is 3.95. The third-order valence-corrected chi connectivity index (χ3v) is 1.87. The fourth-order valence-corrected chi connectivity index (χ4v) is 1.70. The van der Waals surface area contributed by atoms with Crippen molar-refractivity contribution in [2.45, 2.75) is 32.0 Å². The van der Waals surface area contributed by atoms with Crippen LogP contribution in [0, 0.1) is 5.92 Å². The molecule has 0 bridgehead atoms. The third kappa shape index (κ3) is 6.57. The molecular formula is C9H16BrO. The number of hydrogen-bond acceptors (Lipinski definition) is 0. The van der Waals surface area contributed by atoms with Crippen molar-refractivity contribution in [1.82, 2.24) is 0 Å². The van der Waals surface area contributed by atoms with Crippen LogP contribution in [0.4, 0.5) is 0 Å². The van der Waals surface area contributed by atoms with Crippen LogP contribution in [-0.4, -0.2) is 11.4 Å². The number of hydrogen-bond donors (Lipinski definition) is 0. The molecule has 0 amide bonds. The Morgan fingerprint density at radius 3 is 2.45 bits per heavy atom. The SMILES string of the molecule is CC(=CC(C)CC(C)Br)C[O]. The summed E-state index contributed by atoms with van der Waals surface area (Å²) in [5, 5.41) is 10.4. The van der Waals surface area contributed by atoms with E-state index in [-0.39, 0.29) is 6.61 Å². The summed E-state index contributed by atoms with van der Waals surface area (Å²) in [5.74, 6) is 0.512. The molecule has 0 aliphatic heterocycles. The number of rotatable bonds is 4. The third-order valence-electron chi connectivity index (χ3n) is 1.49. The van der Waals surface area contributed by atoms with Crippen molar-refractivity contribution in [2.24, 2.45) is 5.92 Å². The molecule has 2 unspecified atom stereocenters. The zero-order chi connectivity index (χ0) is 8.85. The van der Waals surface area contributed by atoms with Crippen LogP contribution in [0.15, 0.2) is 11.6 Å². The van der Waals surface area contributed by atoms with Crippen LogP contribution < -0.4 is 0 Å². The molecule has 0 aliphatic carbocycles. The fraction of sp³-hybridized carbons (Fsp3) is 0.778. The molecule has 1 radical (unpaired) electrons. The van der Waals surface area contributed by atoms with Crippen molar-refractivity contribution in [3.63, 3.8) is 0 Å². The van der Waals surface area contributed by atoms with Gasteiger partial charge in [0.2, 0.25) is 0 Å². The van der Waals surface area contributed by atoms with E-state index in [0.29, 0.717) is 10.7 Å². The Morgan fingerprint density at radius 1 is 1.55 bits per heavy atom. The van der Waals surface area contributed by atoms with E-state index in [1.165, 1.54) is 0 Å². The average molecular weight is 220 g/mol. The van der Waals surface area contributed by atoms with Gasteiger partial charge in [0.05, 0.1) is 0 Å². The van der Waals surface area contributed by atoms with Crippen molar-refractivity contribution in [3.05, 3.63) is 11.6 Å². The van der Waals surface area contributed by atoms with E-state index in [9.17, 15) is 5.11 Å². The number of allylic oxidation sites excluding steroid dienone is 1. The molecule has 0 aliphatic rings. The van der Waals surface area contributed by atoms with Gasteiger partial charge in [0.1, 0.15) is 6.61 Å². The van der Waals surface area contributed by atoms with Crippen molar-refractivity contribution >= 4 is 15.9 Å². The molecule has 2 atom stereocenters. The molecule has 0 N–H and O–H groups in total. The van der Waals surface area contributed by atoms with Gasteiger partial charge in [0.25, 0.3) is 0 Å². The van der Waals surface area contributed by atoms with E-state index in [1.54, 1.807) is 0 Å². The van der Waals surface area contributed by atoms with Gasteiger partial charge in [-0.25, -0.2) is 5.11 Å². The highest BCUT2D eigenvalue weighted by molar-refractivity contribution is 9.09. The van der Waals surface area contributed by atoms with Gasteiger partial charge in [-0.15, -0.1) is 0 Å². The smallest absolute Gasteiger partial charge is 0.103 e. The maximum absolute atomic E-state index is 10.4. The van der Waals surface area contributed by atoms with Crippen LogP contribution in [0.5, 0.6) is 0 Å². The van der Waals surface area contributed by atoms with Gasteiger partial charge in [0.15, 0.2) is 0 Å². The van der Waals surface area contributed by atoms with Gasteiger partial charge in [-0.3, -0.25) is 0 Å². The predicted molar refractivity (Wildman–Crippen MR) is 51.5 cm³/mol. The zero-order valence-corrected chi connectivity index (χ0v) is 9.02. The Morgan fingerprint density at radius 2 is 2.09 bits per heavy atom. The molecule has 65 valence electrons. The molecule has 0 saturated carbocycles. The summed E-state index contributed by atoms with van der Waals surface area (Å²) >= 11 is 3.48. The maximum Gasteiger partial charge on any atom is 0.103 e. The highest BCUT2D eigenvalue weighted by Gasteiger charge is 2.02. The Kier molecular flexibility index (Phi) is 5.88. The van der Waals surface area contributed by atoms with Crippen molar-refractivity contribution < 1.29 is 5.11 Å². The minimum atomic E-state index is -0.0684. The molecule has 11 heavy (non-hydrogen) atoms. The lowest BCUT2D eigenvalue weighted by Gasteiger charge is -2.08. The summed E-state index contributed by atoms with van der Waals surface area (Å²) in [6, 6.07) is 0. The topological polar surface area (TPSA) is 19.9 Å². The van der Waals surface area contributed by atoms with Gasteiger partial charge in [0, 0.05) is 4.83 Å². The molecule has 0 aromatic carbocycles. The Balaban J connectivity index is 3.75. The monoisotopic (exact) mass is 219 g/mol. The van der Waals surface area contributed by atoms with Crippen LogP contribution in [-0.2, 0) is 5.11 Å². The molecular weight excluding hydrogens is 204 g/mol. The van der Waals surface area contributed by atoms with E-state index >= 15 is 0 Å². The van der Waals surface area contributed by atoms with E-state index in [2.05, 4.69) is 35.9 Å². The Bertz CT molecular complexity index is 130. The summed E-state index contributed by atoms with van der Waals surface area (Å²) in [5.41, 5.74) is 0.950. The molecule has 0 heterocycles. The van der Waals surface area contributed by atoms with Crippen molar-refractivity contribution in [2.75, 3.05) is 6.61 Å². The molecule has 0 aromatic heterocycles. The van der Waals surface area contributed by atoms with Crippen molar-refractivity contribution in [3.8, 4) is 0 Å². The molecule has 0 fully saturated rings. The zero-order valence-electron chi connectivity index (χ0n) is 7.43. The molecule has 0 rings (SSSR count). The first kappa shape index (κ1) is 11.2. The van der Waals surface area contributed by atoms with Crippen LogP contribution in [0.25, 0.3) is 0 Å². The maximum atomic E-state index is 10.4. The summed E-state index contributed by atoms with van der Waals surface area (Å²) in [7, 11) is 0. The van der Waals surface area contributed by atoms with Crippen LogP contribution >= 0.6 is 15.9 Å². The van der Waals surface area contributed by atoms with E-state index in [0.717, 1.165) is 12.0 Å². The molecule has 1 nitrogen and oxygen atoms in total. The van der Waals surface area contributed by atoms with Gasteiger partial charge in [-0.1, -0.05) is 35.9 Å². The standard InChI is InChI=1S/C9H16BrO/c1-7(5-9(3)10)4-8(2)6-11/h4,7,9H,5-6H2,1-3H3. The summed E-state index contributed by atoms with van der Waals surface area (Å²) in [6.45, 7) is 6.08.